The van der Waals surface area contributed by atoms with E-state index in [4.69, 9.17) is 0 Å². The van der Waals surface area contributed by atoms with E-state index in [2.05, 4.69) is 26.7 Å². The van der Waals surface area contributed by atoms with Crippen LogP contribution >= 0.6 is 11.5 Å². The Morgan fingerprint density at radius 1 is 1.46 bits per heavy atom. The van der Waals surface area contributed by atoms with E-state index in [-0.39, 0.29) is 0 Å². The highest BCUT2D eigenvalue weighted by atomic mass is 32.1. The molecular formula is C8H14N4S. The lowest BCUT2D eigenvalue weighted by Gasteiger charge is -2.18. The van der Waals surface area contributed by atoms with Crippen LogP contribution in [-0.4, -0.2) is 28.4 Å². The highest BCUT2D eigenvalue weighted by molar-refractivity contribution is 7.09. The minimum atomic E-state index is 0.855. The van der Waals surface area contributed by atoms with Gasteiger partial charge in [-0.25, -0.2) is 0 Å². The van der Waals surface area contributed by atoms with Gasteiger partial charge in [0.2, 0.25) is 5.13 Å². The smallest absolute Gasteiger partial charge is 0.227 e. The minimum Gasteiger partial charge on any atom is -0.348 e. The molecule has 0 aromatic carbocycles. The summed E-state index contributed by atoms with van der Waals surface area (Å²) in [6, 6.07) is 0. The lowest BCUT2D eigenvalue weighted by molar-refractivity contribution is 0.546. The summed E-state index contributed by atoms with van der Waals surface area (Å²) in [6.07, 6.45) is 5.53. The van der Waals surface area contributed by atoms with Gasteiger partial charge in [0.25, 0.3) is 0 Å². The van der Waals surface area contributed by atoms with Crippen molar-refractivity contribution in [2.45, 2.75) is 25.7 Å². The van der Waals surface area contributed by atoms with E-state index in [0.717, 1.165) is 17.6 Å². The number of hydrogen-bond donors (Lipinski definition) is 0. The highest BCUT2D eigenvalue weighted by Crippen LogP contribution is 2.26. The lowest BCUT2D eigenvalue weighted by Crippen LogP contribution is -2.23. The van der Waals surface area contributed by atoms with E-state index >= 15 is 0 Å². The monoisotopic (exact) mass is 198 g/mol. The van der Waals surface area contributed by atoms with Crippen LogP contribution in [0, 0.1) is 5.92 Å². The molecule has 1 saturated carbocycles. The second-order valence-corrected chi connectivity index (χ2v) is 4.39. The number of nitrogens with zero attached hydrogens (tertiary/aromatic N) is 4. The van der Waals surface area contributed by atoms with Crippen molar-refractivity contribution in [3.8, 4) is 0 Å². The predicted molar refractivity (Wildman–Crippen MR) is 52.9 cm³/mol. The molecule has 2 rings (SSSR count). The number of hydrogen-bond acceptors (Lipinski definition) is 5. The molecule has 0 radical (unpaired) electrons. The average molecular weight is 198 g/mol. The zero-order valence-electron chi connectivity index (χ0n) is 7.81. The first-order chi connectivity index (χ1) is 6.36. The van der Waals surface area contributed by atoms with Crippen LogP contribution in [-0.2, 0) is 0 Å². The third-order valence-corrected chi connectivity index (χ3v) is 3.33. The molecule has 0 atom stereocenters. The van der Waals surface area contributed by atoms with E-state index in [1.807, 2.05) is 0 Å². The van der Waals surface area contributed by atoms with Crippen molar-refractivity contribution < 1.29 is 0 Å². The maximum Gasteiger partial charge on any atom is 0.227 e. The molecule has 0 bridgehead atoms. The maximum absolute atomic E-state index is 3.94. The fraction of sp³-hybridized carbons (Fsp3) is 0.875. The van der Waals surface area contributed by atoms with Crippen LogP contribution < -0.4 is 4.90 Å². The Balaban J connectivity index is 1.87. The summed E-state index contributed by atoms with van der Waals surface area (Å²) in [4.78, 5) is 2.17. The molecule has 72 valence electrons. The van der Waals surface area contributed by atoms with Gasteiger partial charge in [-0.05, 0) is 24.0 Å². The van der Waals surface area contributed by atoms with Gasteiger partial charge in [-0.15, -0.1) is 0 Å². The number of aromatic nitrogens is 3. The second-order valence-electron chi connectivity index (χ2n) is 3.68. The van der Waals surface area contributed by atoms with Crippen molar-refractivity contribution in [3.63, 3.8) is 0 Å². The molecule has 1 aliphatic carbocycles. The van der Waals surface area contributed by atoms with Crippen LogP contribution in [0.1, 0.15) is 25.7 Å². The predicted octanol–water partition coefficient (Wildman–Crippen LogP) is 1.56. The van der Waals surface area contributed by atoms with Gasteiger partial charge in [0.05, 0.1) is 0 Å². The summed E-state index contributed by atoms with van der Waals surface area (Å²) in [5, 5.41) is 8.47. The molecule has 5 heteroatoms. The quantitative estimate of drug-likeness (QED) is 0.739. The molecule has 1 aromatic heterocycles. The van der Waals surface area contributed by atoms with E-state index in [9.17, 15) is 0 Å². The molecule has 1 fully saturated rings. The van der Waals surface area contributed by atoms with Gasteiger partial charge >= 0.3 is 0 Å². The molecule has 13 heavy (non-hydrogen) atoms. The first-order valence-electron chi connectivity index (χ1n) is 4.72. The van der Waals surface area contributed by atoms with Crippen LogP contribution in [0.5, 0.6) is 0 Å². The number of rotatable bonds is 3. The fourth-order valence-corrected chi connectivity index (χ4v) is 2.37. The largest absolute Gasteiger partial charge is 0.348 e. The van der Waals surface area contributed by atoms with Crippen molar-refractivity contribution in [2.24, 2.45) is 5.92 Å². The van der Waals surface area contributed by atoms with E-state index < -0.39 is 0 Å². The SMILES string of the molecule is CN(CC1CCCC1)c1nnns1. The van der Waals surface area contributed by atoms with Crippen LogP contribution in [0.25, 0.3) is 0 Å². The summed E-state index contributed by atoms with van der Waals surface area (Å²) in [6.45, 7) is 1.11. The zero-order chi connectivity index (χ0) is 9.10. The Labute approximate surface area is 82.1 Å². The van der Waals surface area contributed by atoms with Crippen LogP contribution in [0.3, 0.4) is 0 Å². The van der Waals surface area contributed by atoms with Gasteiger partial charge in [0.15, 0.2) is 0 Å². The van der Waals surface area contributed by atoms with Gasteiger partial charge in [0.1, 0.15) is 0 Å². The molecule has 0 amide bonds. The molecule has 0 spiro atoms. The standard InChI is InChI=1S/C8H14N4S/c1-12(8-9-10-11-13-8)6-7-4-2-3-5-7/h7H,2-6H2,1H3. The molecule has 4 nitrogen and oxygen atoms in total. The van der Waals surface area contributed by atoms with Crippen molar-refractivity contribution in [3.05, 3.63) is 0 Å². The molecule has 0 aliphatic heterocycles. The van der Waals surface area contributed by atoms with Crippen molar-refractivity contribution in [1.29, 1.82) is 0 Å². The second kappa shape index (κ2) is 4.00. The molecule has 1 aliphatic rings. The topological polar surface area (TPSA) is 41.9 Å². The van der Waals surface area contributed by atoms with Gasteiger partial charge in [-0.2, -0.15) is 0 Å². The number of anilines is 1. The van der Waals surface area contributed by atoms with Crippen LogP contribution in [0.4, 0.5) is 5.13 Å². The van der Waals surface area contributed by atoms with E-state index in [1.54, 1.807) is 0 Å². The molecule has 0 unspecified atom stereocenters. The van der Waals surface area contributed by atoms with Crippen LogP contribution in [0.2, 0.25) is 0 Å². The first-order valence-corrected chi connectivity index (χ1v) is 5.50. The Hall–Kier alpha value is -0.710. The normalized spacial score (nSPS) is 17.9. The molecule has 0 N–H and O–H groups in total. The minimum absolute atomic E-state index is 0.855. The Kier molecular flexibility index (Phi) is 2.73. The fourth-order valence-electron chi connectivity index (χ4n) is 1.93. The van der Waals surface area contributed by atoms with Gasteiger partial charge in [-0.1, -0.05) is 22.4 Å². The van der Waals surface area contributed by atoms with Crippen molar-refractivity contribution in [1.82, 2.24) is 14.8 Å². The highest BCUT2D eigenvalue weighted by Gasteiger charge is 2.18. The molecule has 1 aromatic rings. The van der Waals surface area contributed by atoms with E-state index in [0.29, 0.717) is 0 Å². The maximum atomic E-state index is 3.94. The third kappa shape index (κ3) is 2.15. The van der Waals surface area contributed by atoms with E-state index in [1.165, 1.54) is 37.2 Å². The van der Waals surface area contributed by atoms with Gasteiger partial charge in [-0.3, -0.25) is 0 Å². The average Bonchev–Trinajstić information content (AvgIpc) is 2.74. The van der Waals surface area contributed by atoms with Crippen LogP contribution in [0.15, 0.2) is 0 Å². The third-order valence-electron chi connectivity index (χ3n) is 2.62. The van der Waals surface area contributed by atoms with Crippen molar-refractivity contribution >= 4 is 16.7 Å². The Bertz CT molecular complexity index is 243. The molecule has 0 saturated heterocycles. The molecular weight excluding hydrogens is 184 g/mol. The Morgan fingerprint density at radius 2 is 2.23 bits per heavy atom. The lowest BCUT2D eigenvalue weighted by atomic mass is 10.1. The van der Waals surface area contributed by atoms with Gasteiger partial charge < -0.3 is 4.90 Å². The molecule has 1 heterocycles. The summed E-state index contributed by atoms with van der Waals surface area (Å²) in [5.74, 6) is 0.855. The van der Waals surface area contributed by atoms with Gasteiger partial charge in [0, 0.05) is 25.1 Å². The summed E-state index contributed by atoms with van der Waals surface area (Å²) >= 11 is 1.37. The Morgan fingerprint density at radius 3 is 2.85 bits per heavy atom. The summed E-state index contributed by atoms with van der Waals surface area (Å²) < 4.78 is 3.76. The van der Waals surface area contributed by atoms with Crippen molar-refractivity contribution in [2.75, 3.05) is 18.5 Å². The summed E-state index contributed by atoms with van der Waals surface area (Å²) in [7, 11) is 2.07. The summed E-state index contributed by atoms with van der Waals surface area (Å²) in [5.41, 5.74) is 0. The zero-order valence-corrected chi connectivity index (χ0v) is 8.63. The first kappa shape index (κ1) is 8.87.